The third-order valence-electron chi connectivity index (χ3n) is 3.29. The molecule has 1 heterocycles. The molecular formula is C17H16ClN3OS. The van der Waals surface area contributed by atoms with Gasteiger partial charge in [0.05, 0.1) is 6.04 Å². The first-order chi connectivity index (χ1) is 11.2. The molecule has 1 atom stereocenters. The smallest absolute Gasteiger partial charge is 0.276 e. The third kappa shape index (κ3) is 4.58. The van der Waals surface area contributed by atoms with Gasteiger partial charge in [0.25, 0.3) is 5.22 Å². The molecule has 0 unspecified atom stereocenters. The summed E-state index contributed by atoms with van der Waals surface area (Å²) in [6.45, 7) is 0. The van der Waals surface area contributed by atoms with Crippen molar-refractivity contribution >= 4 is 23.4 Å². The molecule has 118 valence electrons. The highest BCUT2D eigenvalue weighted by Crippen LogP contribution is 2.25. The summed E-state index contributed by atoms with van der Waals surface area (Å²) >= 11 is 7.44. The van der Waals surface area contributed by atoms with E-state index in [0.717, 1.165) is 21.9 Å². The van der Waals surface area contributed by atoms with Crippen molar-refractivity contribution in [3.05, 3.63) is 76.6 Å². The fourth-order valence-electron chi connectivity index (χ4n) is 2.16. The van der Waals surface area contributed by atoms with Crippen molar-refractivity contribution in [1.82, 2.24) is 10.2 Å². The molecule has 4 nitrogen and oxygen atoms in total. The third-order valence-corrected chi connectivity index (χ3v) is 4.41. The summed E-state index contributed by atoms with van der Waals surface area (Å²) in [5, 5.41) is 9.34. The molecule has 2 N–H and O–H groups in total. The van der Waals surface area contributed by atoms with E-state index in [0.29, 0.717) is 17.5 Å². The molecule has 0 amide bonds. The fraction of sp³-hybridized carbons (Fsp3) is 0.176. The molecule has 0 saturated heterocycles. The van der Waals surface area contributed by atoms with E-state index in [4.69, 9.17) is 21.8 Å². The van der Waals surface area contributed by atoms with E-state index < -0.39 is 0 Å². The molecule has 0 aliphatic heterocycles. The van der Waals surface area contributed by atoms with E-state index in [1.807, 2.05) is 54.6 Å². The molecule has 23 heavy (non-hydrogen) atoms. The predicted octanol–water partition coefficient (Wildman–Crippen LogP) is 4.26. The predicted molar refractivity (Wildman–Crippen MR) is 92.4 cm³/mol. The van der Waals surface area contributed by atoms with Crippen LogP contribution in [0.4, 0.5) is 0 Å². The van der Waals surface area contributed by atoms with Gasteiger partial charge >= 0.3 is 0 Å². The van der Waals surface area contributed by atoms with Crippen LogP contribution in [0.3, 0.4) is 0 Å². The van der Waals surface area contributed by atoms with Gasteiger partial charge in [-0.25, -0.2) is 0 Å². The Bertz CT molecular complexity index is 763. The molecule has 0 bridgehead atoms. The summed E-state index contributed by atoms with van der Waals surface area (Å²) in [6.07, 6.45) is 0.668. The largest absolute Gasteiger partial charge is 0.414 e. The molecular weight excluding hydrogens is 330 g/mol. The van der Waals surface area contributed by atoms with E-state index in [9.17, 15) is 0 Å². The van der Waals surface area contributed by atoms with Gasteiger partial charge in [-0.15, -0.1) is 10.2 Å². The first kappa shape index (κ1) is 16.1. The Morgan fingerprint density at radius 2 is 1.83 bits per heavy atom. The minimum atomic E-state index is -0.301. The number of aromatic nitrogens is 2. The Hall–Kier alpha value is -1.82. The topological polar surface area (TPSA) is 64.9 Å². The zero-order valence-electron chi connectivity index (χ0n) is 12.4. The number of hydrogen-bond acceptors (Lipinski definition) is 5. The monoisotopic (exact) mass is 345 g/mol. The van der Waals surface area contributed by atoms with Gasteiger partial charge in [0.2, 0.25) is 5.89 Å². The highest BCUT2D eigenvalue weighted by Gasteiger charge is 2.15. The van der Waals surface area contributed by atoms with Crippen molar-refractivity contribution in [1.29, 1.82) is 0 Å². The van der Waals surface area contributed by atoms with Crippen LogP contribution in [-0.2, 0) is 12.2 Å². The van der Waals surface area contributed by atoms with E-state index in [2.05, 4.69) is 10.2 Å². The average molecular weight is 346 g/mol. The highest BCUT2D eigenvalue weighted by atomic mass is 35.5. The Labute approximate surface area is 144 Å². The van der Waals surface area contributed by atoms with Gasteiger partial charge in [0.1, 0.15) is 0 Å². The van der Waals surface area contributed by atoms with Gasteiger partial charge in [-0.1, -0.05) is 65.8 Å². The van der Waals surface area contributed by atoms with Crippen molar-refractivity contribution < 1.29 is 4.42 Å². The normalized spacial score (nSPS) is 12.3. The van der Waals surface area contributed by atoms with E-state index in [1.54, 1.807) is 0 Å². The second-order valence-corrected chi connectivity index (χ2v) is 6.48. The minimum Gasteiger partial charge on any atom is -0.414 e. The molecule has 0 aliphatic carbocycles. The van der Waals surface area contributed by atoms with Crippen molar-refractivity contribution in [2.24, 2.45) is 5.73 Å². The molecule has 0 aliphatic rings. The molecule has 2 aromatic carbocycles. The van der Waals surface area contributed by atoms with Gasteiger partial charge in [-0.05, 0) is 29.7 Å². The highest BCUT2D eigenvalue weighted by molar-refractivity contribution is 7.98. The van der Waals surface area contributed by atoms with Crippen LogP contribution < -0.4 is 5.73 Å². The van der Waals surface area contributed by atoms with Crippen LogP contribution in [0.1, 0.15) is 23.1 Å². The molecule has 6 heteroatoms. The Morgan fingerprint density at radius 3 is 2.61 bits per heavy atom. The average Bonchev–Trinajstić information content (AvgIpc) is 3.03. The van der Waals surface area contributed by atoms with E-state index >= 15 is 0 Å². The lowest BCUT2D eigenvalue weighted by molar-refractivity contribution is 0.385. The zero-order chi connectivity index (χ0) is 16.1. The van der Waals surface area contributed by atoms with Crippen molar-refractivity contribution in [2.45, 2.75) is 23.4 Å². The van der Waals surface area contributed by atoms with Crippen LogP contribution in [0.5, 0.6) is 0 Å². The number of halogens is 1. The second kappa shape index (κ2) is 7.64. The molecule has 0 spiro atoms. The first-order valence-corrected chi connectivity index (χ1v) is 8.57. The second-order valence-electron chi connectivity index (χ2n) is 5.12. The molecule has 0 fully saturated rings. The Kier molecular flexibility index (Phi) is 5.33. The summed E-state index contributed by atoms with van der Waals surface area (Å²) in [5.41, 5.74) is 8.40. The van der Waals surface area contributed by atoms with Crippen LogP contribution in [0.2, 0.25) is 5.02 Å². The molecule has 1 aromatic heterocycles. The number of nitrogens with two attached hydrogens (primary N) is 1. The SMILES string of the molecule is N[C@@H](Cc1ccccc1)c1nnc(SCc2cccc(Cl)c2)o1. The summed E-state index contributed by atoms with van der Waals surface area (Å²) in [7, 11) is 0. The van der Waals surface area contributed by atoms with E-state index in [1.165, 1.54) is 11.8 Å². The lowest BCUT2D eigenvalue weighted by atomic mass is 10.1. The fourth-order valence-corrected chi connectivity index (χ4v) is 3.08. The maximum Gasteiger partial charge on any atom is 0.276 e. The molecule has 0 saturated carbocycles. The van der Waals surface area contributed by atoms with Gasteiger partial charge < -0.3 is 10.2 Å². The zero-order valence-corrected chi connectivity index (χ0v) is 13.9. The molecule has 3 rings (SSSR count). The van der Waals surface area contributed by atoms with Crippen LogP contribution in [0.25, 0.3) is 0 Å². The standard InChI is InChI=1S/C17H16ClN3OS/c18-14-8-4-7-13(9-14)11-23-17-21-20-16(22-17)15(19)10-12-5-2-1-3-6-12/h1-9,15H,10-11,19H2/t15-/m0/s1. The maximum atomic E-state index is 6.14. The van der Waals surface area contributed by atoms with Crippen LogP contribution in [0.15, 0.2) is 64.2 Å². The van der Waals surface area contributed by atoms with Crippen molar-refractivity contribution in [3.63, 3.8) is 0 Å². The van der Waals surface area contributed by atoms with Gasteiger partial charge in [-0.3, -0.25) is 0 Å². The van der Waals surface area contributed by atoms with Gasteiger partial charge in [0, 0.05) is 10.8 Å². The molecule has 0 radical (unpaired) electrons. The summed E-state index contributed by atoms with van der Waals surface area (Å²) in [4.78, 5) is 0. The van der Waals surface area contributed by atoms with Gasteiger partial charge in [0.15, 0.2) is 0 Å². The van der Waals surface area contributed by atoms with Crippen molar-refractivity contribution in [3.8, 4) is 0 Å². The van der Waals surface area contributed by atoms with Crippen LogP contribution >= 0.6 is 23.4 Å². The molecule has 3 aromatic rings. The number of benzene rings is 2. The summed E-state index contributed by atoms with van der Waals surface area (Å²) in [6, 6.07) is 17.4. The van der Waals surface area contributed by atoms with Gasteiger partial charge in [-0.2, -0.15) is 0 Å². The minimum absolute atomic E-state index is 0.301. The van der Waals surface area contributed by atoms with Crippen molar-refractivity contribution in [2.75, 3.05) is 0 Å². The van der Waals surface area contributed by atoms with Crippen LogP contribution in [0, 0.1) is 0 Å². The van der Waals surface area contributed by atoms with E-state index in [-0.39, 0.29) is 6.04 Å². The first-order valence-electron chi connectivity index (χ1n) is 7.21. The Balaban J connectivity index is 1.59. The summed E-state index contributed by atoms with van der Waals surface area (Å²) in [5.74, 6) is 1.18. The maximum absolute atomic E-state index is 6.14. The lowest BCUT2D eigenvalue weighted by Gasteiger charge is -2.06. The van der Waals surface area contributed by atoms with Crippen LogP contribution in [-0.4, -0.2) is 10.2 Å². The Morgan fingerprint density at radius 1 is 1.04 bits per heavy atom. The number of thioether (sulfide) groups is 1. The quantitative estimate of drug-likeness (QED) is 0.676. The number of hydrogen-bond donors (Lipinski definition) is 1. The lowest BCUT2D eigenvalue weighted by Crippen LogP contribution is -2.13. The summed E-state index contributed by atoms with van der Waals surface area (Å²) < 4.78 is 5.65. The number of rotatable bonds is 6. The number of nitrogens with zero attached hydrogens (tertiary/aromatic N) is 2.